The van der Waals surface area contributed by atoms with Crippen LogP contribution in [0.1, 0.15) is 48.5 Å². The summed E-state index contributed by atoms with van der Waals surface area (Å²) >= 11 is 0. The topological polar surface area (TPSA) is 74.6 Å². The highest BCUT2D eigenvalue weighted by Crippen LogP contribution is 2.39. The van der Waals surface area contributed by atoms with Crippen molar-refractivity contribution in [3.63, 3.8) is 0 Å². The number of phenols is 2. The van der Waals surface area contributed by atoms with Gasteiger partial charge in [0.25, 0.3) is 0 Å². The van der Waals surface area contributed by atoms with Crippen molar-refractivity contribution in [2.45, 2.75) is 19.8 Å². The number of carbonyl (C=O) groups excluding carboxylic acids is 2. The summed E-state index contributed by atoms with van der Waals surface area (Å²) in [5.41, 5.74) is 2.86. The summed E-state index contributed by atoms with van der Waals surface area (Å²) in [6, 6.07) is 16.0. The molecule has 2 N–H and O–H groups in total. The maximum atomic E-state index is 13.0. The van der Waals surface area contributed by atoms with Crippen LogP contribution < -0.4 is 0 Å². The highest BCUT2D eigenvalue weighted by atomic mass is 16.3. The van der Waals surface area contributed by atoms with E-state index in [9.17, 15) is 19.8 Å². The first-order chi connectivity index (χ1) is 13.0. The molecule has 0 aliphatic heterocycles. The number of aryl methyl sites for hydroxylation is 2. The third-order valence-electron chi connectivity index (χ3n) is 5.12. The Balaban J connectivity index is 1.80. The van der Waals surface area contributed by atoms with E-state index >= 15 is 0 Å². The second kappa shape index (κ2) is 6.40. The summed E-state index contributed by atoms with van der Waals surface area (Å²) in [4.78, 5) is 25.8. The molecule has 4 nitrogen and oxygen atoms in total. The molecule has 0 bridgehead atoms. The molecular weight excluding hydrogens is 340 g/mol. The highest BCUT2D eigenvalue weighted by Gasteiger charge is 2.35. The molecule has 4 heteroatoms. The normalized spacial score (nSPS) is 12.6. The minimum absolute atomic E-state index is 0.0114. The summed E-state index contributed by atoms with van der Waals surface area (Å²) in [5.74, 6) is -1.28. The number of aromatic hydroxyl groups is 2. The Labute approximate surface area is 156 Å². The zero-order valence-electron chi connectivity index (χ0n) is 14.8. The Bertz CT molecular complexity index is 1080. The number of rotatable bonds is 3. The van der Waals surface area contributed by atoms with Crippen LogP contribution in [0.15, 0.2) is 54.6 Å². The van der Waals surface area contributed by atoms with Gasteiger partial charge in [-0.15, -0.1) is 0 Å². The average Bonchev–Trinajstić information content (AvgIpc) is 2.66. The van der Waals surface area contributed by atoms with Gasteiger partial charge in [0.15, 0.2) is 5.78 Å². The lowest BCUT2D eigenvalue weighted by Crippen LogP contribution is -2.22. The molecule has 0 saturated heterocycles. The van der Waals surface area contributed by atoms with Crippen LogP contribution in [0.5, 0.6) is 11.5 Å². The van der Waals surface area contributed by atoms with Crippen LogP contribution in [0, 0.1) is 6.92 Å². The fourth-order valence-corrected chi connectivity index (χ4v) is 3.72. The van der Waals surface area contributed by atoms with E-state index in [4.69, 9.17) is 0 Å². The Morgan fingerprint density at radius 3 is 2.26 bits per heavy atom. The van der Waals surface area contributed by atoms with Gasteiger partial charge in [-0.05, 0) is 48.6 Å². The minimum Gasteiger partial charge on any atom is -0.507 e. The molecule has 0 radical (unpaired) electrons. The van der Waals surface area contributed by atoms with E-state index in [2.05, 4.69) is 0 Å². The monoisotopic (exact) mass is 358 g/mol. The molecule has 1 aliphatic rings. The van der Waals surface area contributed by atoms with Gasteiger partial charge in [-0.25, -0.2) is 0 Å². The first-order valence-electron chi connectivity index (χ1n) is 8.79. The van der Waals surface area contributed by atoms with Crippen molar-refractivity contribution in [2.75, 3.05) is 0 Å². The van der Waals surface area contributed by atoms with Gasteiger partial charge in [0.05, 0.1) is 11.1 Å². The molecule has 3 aromatic rings. The molecule has 4 rings (SSSR count). The first-order valence-corrected chi connectivity index (χ1v) is 8.79. The van der Waals surface area contributed by atoms with Gasteiger partial charge < -0.3 is 10.2 Å². The van der Waals surface area contributed by atoms with E-state index in [0.717, 1.165) is 11.1 Å². The van der Waals surface area contributed by atoms with E-state index < -0.39 is 5.78 Å². The lowest BCUT2D eigenvalue weighted by molar-refractivity contribution is 0.0974. The fourth-order valence-electron chi connectivity index (χ4n) is 3.72. The van der Waals surface area contributed by atoms with Crippen LogP contribution in [0.3, 0.4) is 0 Å². The molecule has 134 valence electrons. The molecule has 0 aromatic heterocycles. The number of ketones is 2. The van der Waals surface area contributed by atoms with Crippen LogP contribution in [0.2, 0.25) is 0 Å². The number of fused-ring (bicyclic) bond motifs is 2. The maximum Gasteiger partial charge on any atom is 0.201 e. The minimum atomic E-state index is -0.517. The van der Waals surface area contributed by atoms with Crippen molar-refractivity contribution in [3.8, 4) is 11.5 Å². The number of benzene rings is 3. The van der Waals surface area contributed by atoms with Gasteiger partial charge in [0.2, 0.25) is 5.78 Å². The Morgan fingerprint density at radius 1 is 0.778 bits per heavy atom. The largest absolute Gasteiger partial charge is 0.507 e. The molecule has 0 spiro atoms. The van der Waals surface area contributed by atoms with Gasteiger partial charge in [0.1, 0.15) is 11.5 Å². The van der Waals surface area contributed by atoms with Crippen LogP contribution in [-0.2, 0) is 12.8 Å². The quantitative estimate of drug-likeness (QED) is 0.581. The van der Waals surface area contributed by atoms with Crippen molar-refractivity contribution >= 4 is 11.6 Å². The second-order valence-corrected chi connectivity index (χ2v) is 6.79. The number of hydrogen-bond acceptors (Lipinski definition) is 4. The first kappa shape index (κ1) is 17.0. The van der Waals surface area contributed by atoms with Crippen LogP contribution in [0.4, 0.5) is 0 Å². The Kier molecular flexibility index (Phi) is 4.04. The molecule has 0 fully saturated rings. The standard InChI is InChI=1S/C23H18O4/c1-13-12-17-20(22(26)15(13)11-10-14-6-3-2-4-7-14)23(27)19-16(21(17)25)8-5-9-18(19)24/h2-9,12,24,26H,10-11H2,1H3. The third kappa shape index (κ3) is 2.70. The van der Waals surface area contributed by atoms with E-state index in [0.29, 0.717) is 18.4 Å². The van der Waals surface area contributed by atoms with Crippen molar-refractivity contribution in [2.24, 2.45) is 0 Å². The molecule has 0 amide bonds. The van der Waals surface area contributed by atoms with Crippen molar-refractivity contribution < 1.29 is 19.8 Å². The summed E-state index contributed by atoms with van der Waals surface area (Å²) in [7, 11) is 0. The van der Waals surface area contributed by atoms with Crippen molar-refractivity contribution in [3.05, 3.63) is 93.5 Å². The van der Waals surface area contributed by atoms with E-state index in [-0.39, 0.29) is 39.5 Å². The van der Waals surface area contributed by atoms with Gasteiger partial charge in [0, 0.05) is 11.1 Å². The number of phenolic OH excluding ortho intramolecular Hbond substituents is 2. The molecule has 3 aromatic carbocycles. The molecule has 0 atom stereocenters. The lowest BCUT2D eigenvalue weighted by Gasteiger charge is -2.22. The fraction of sp³-hybridized carbons (Fsp3) is 0.130. The molecule has 0 heterocycles. The Morgan fingerprint density at radius 2 is 1.52 bits per heavy atom. The summed E-state index contributed by atoms with van der Waals surface area (Å²) < 4.78 is 0. The summed E-state index contributed by atoms with van der Waals surface area (Å²) in [6.45, 7) is 1.83. The predicted molar refractivity (Wildman–Crippen MR) is 102 cm³/mol. The van der Waals surface area contributed by atoms with E-state index in [1.54, 1.807) is 6.07 Å². The smallest absolute Gasteiger partial charge is 0.201 e. The molecule has 0 saturated carbocycles. The van der Waals surface area contributed by atoms with Crippen molar-refractivity contribution in [1.82, 2.24) is 0 Å². The van der Waals surface area contributed by atoms with Crippen LogP contribution >= 0.6 is 0 Å². The molecular formula is C23H18O4. The van der Waals surface area contributed by atoms with E-state index in [1.165, 1.54) is 18.2 Å². The third-order valence-corrected chi connectivity index (χ3v) is 5.12. The molecule has 27 heavy (non-hydrogen) atoms. The maximum absolute atomic E-state index is 13.0. The van der Waals surface area contributed by atoms with Crippen LogP contribution in [0.25, 0.3) is 0 Å². The van der Waals surface area contributed by atoms with Gasteiger partial charge >= 0.3 is 0 Å². The van der Waals surface area contributed by atoms with Crippen molar-refractivity contribution in [1.29, 1.82) is 0 Å². The van der Waals surface area contributed by atoms with Gasteiger partial charge in [-0.1, -0.05) is 42.5 Å². The van der Waals surface area contributed by atoms with Gasteiger partial charge in [-0.2, -0.15) is 0 Å². The predicted octanol–water partition coefficient (Wildman–Crippen LogP) is 3.97. The SMILES string of the molecule is Cc1cc2c(c(O)c1CCc1ccccc1)C(=O)c1c(O)cccc1C2=O. The summed E-state index contributed by atoms with van der Waals surface area (Å²) in [6.07, 6.45) is 1.25. The number of carbonyl (C=O) groups is 2. The van der Waals surface area contributed by atoms with E-state index in [1.807, 2.05) is 37.3 Å². The second-order valence-electron chi connectivity index (χ2n) is 6.79. The molecule has 1 aliphatic carbocycles. The zero-order valence-corrected chi connectivity index (χ0v) is 14.8. The molecule has 0 unspecified atom stereocenters. The Hall–Kier alpha value is -3.40. The number of hydrogen-bond donors (Lipinski definition) is 2. The van der Waals surface area contributed by atoms with Gasteiger partial charge in [-0.3, -0.25) is 9.59 Å². The highest BCUT2D eigenvalue weighted by molar-refractivity contribution is 6.30. The lowest BCUT2D eigenvalue weighted by atomic mass is 9.80. The van der Waals surface area contributed by atoms with Crippen LogP contribution in [-0.4, -0.2) is 21.8 Å². The average molecular weight is 358 g/mol. The zero-order chi connectivity index (χ0) is 19.1. The summed E-state index contributed by atoms with van der Waals surface area (Å²) in [5, 5.41) is 20.9.